The number of aromatic nitrogens is 1. The summed E-state index contributed by atoms with van der Waals surface area (Å²) in [5.74, 6) is 0.907. The van der Waals surface area contributed by atoms with E-state index < -0.39 is 0 Å². The molecule has 2 N–H and O–H groups in total. The first-order valence-electron chi connectivity index (χ1n) is 8.21. The van der Waals surface area contributed by atoms with Crippen LogP contribution in [0.5, 0.6) is 17.2 Å². The van der Waals surface area contributed by atoms with E-state index in [1.54, 1.807) is 12.1 Å². The maximum absolute atomic E-state index is 12.5. The lowest BCUT2D eigenvalue weighted by Gasteiger charge is -2.14. The number of fused-ring (bicyclic) bond motifs is 1. The number of anilines is 1. The minimum Gasteiger partial charge on any atom is -0.493 e. The van der Waals surface area contributed by atoms with Gasteiger partial charge in [0.1, 0.15) is 0 Å². The van der Waals surface area contributed by atoms with Gasteiger partial charge in [0.15, 0.2) is 11.5 Å². The zero-order valence-corrected chi connectivity index (χ0v) is 16.6. The van der Waals surface area contributed by atoms with E-state index in [1.165, 1.54) is 38.2 Å². The standard InChI is InChI=1S/C19H21N3O4S/c1-10-6-7-15-16(11(10)2)20-19(27-15)22-21-18(23)12-8-13(24-3)17(26-5)14(9-12)25-4/h6-9H,1-5H3,(H,20,22)(H,21,23). The van der Waals surface area contributed by atoms with Gasteiger partial charge in [-0.1, -0.05) is 17.4 Å². The number of aryl methyl sites for hydroxylation is 2. The molecule has 0 atom stereocenters. The molecule has 142 valence electrons. The topological polar surface area (TPSA) is 81.7 Å². The molecule has 0 radical (unpaired) electrons. The van der Waals surface area contributed by atoms with Gasteiger partial charge in [0, 0.05) is 5.56 Å². The highest BCUT2D eigenvalue weighted by molar-refractivity contribution is 7.22. The number of rotatable bonds is 6. The van der Waals surface area contributed by atoms with Crippen molar-refractivity contribution in [2.24, 2.45) is 0 Å². The van der Waals surface area contributed by atoms with Crippen LogP contribution in [0.1, 0.15) is 21.5 Å². The van der Waals surface area contributed by atoms with Gasteiger partial charge in [-0.15, -0.1) is 0 Å². The Bertz CT molecular complexity index is 975. The van der Waals surface area contributed by atoms with Crippen LogP contribution >= 0.6 is 11.3 Å². The molecular weight excluding hydrogens is 366 g/mol. The van der Waals surface area contributed by atoms with Crippen molar-refractivity contribution in [3.63, 3.8) is 0 Å². The predicted molar refractivity (Wildman–Crippen MR) is 106 cm³/mol. The number of hydrazine groups is 1. The normalized spacial score (nSPS) is 10.6. The Morgan fingerprint density at radius 3 is 2.30 bits per heavy atom. The molecular formula is C19H21N3O4S. The Morgan fingerprint density at radius 2 is 1.70 bits per heavy atom. The molecule has 2 aromatic carbocycles. The van der Waals surface area contributed by atoms with Gasteiger partial charge in [0.05, 0.1) is 31.5 Å². The van der Waals surface area contributed by atoms with Gasteiger partial charge in [-0.2, -0.15) is 0 Å². The summed E-state index contributed by atoms with van der Waals surface area (Å²) >= 11 is 1.47. The third-order valence-electron chi connectivity index (χ3n) is 4.29. The fourth-order valence-electron chi connectivity index (χ4n) is 2.67. The molecule has 0 aliphatic rings. The molecule has 0 fully saturated rings. The number of methoxy groups -OCH3 is 3. The van der Waals surface area contributed by atoms with Gasteiger partial charge in [0.2, 0.25) is 10.9 Å². The van der Waals surface area contributed by atoms with Crippen molar-refractivity contribution in [3.05, 3.63) is 41.0 Å². The van der Waals surface area contributed by atoms with Crippen molar-refractivity contribution in [3.8, 4) is 17.2 Å². The number of amides is 1. The molecule has 0 spiro atoms. The zero-order chi connectivity index (χ0) is 19.6. The molecule has 1 aromatic heterocycles. The van der Waals surface area contributed by atoms with Crippen LogP contribution in [-0.4, -0.2) is 32.2 Å². The van der Waals surface area contributed by atoms with Crippen LogP contribution < -0.4 is 25.1 Å². The van der Waals surface area contributed by atoms with Gasteiger partial charge in [-0.25, -0.2) is 4.98 Å². The van der Waals surface area contributed by atoms with Gasteiger partial charge in [0.25, 0.3) is 5.91 Å². The number of carbonyl (C=O) groups is 1. The molecule has 27 heavy (non-hydrogen) atoms. The van der Waals surface area contributed by atoms with Gasteiger partial charge >= 0.3 is 0 Å². The minimum atomic E-state index is -0.346. The van der Waals surface area contributed by atoms with E-state index in [1.807, 2.05) is 19.9 Å². The number of ether oxygens (including phenoxy) is 3. The number of benzene rings is 2. The number of thiazole rings is 1. The predicted octanol–water partition coefficient (Wildman–Crippen LogP) is 3.70. The molecule has 0 aliphatic heterocycles. The van der Waals surface area contributed by atoms with Crippen molar-refractivity contribution in [1.29, 1.82) is 0 Å². The van der Waals surface area contributed by atoms with Crippen LogP contribution in [0.4, 0.5) is 5.13 Å². The summed E-state index contributed by atoms with van der Waals surface area (Å²) in [5.41, 5.74) is 9.15. The molecule has 0 saturated carbocycles. The summed E-state index contributed by atoms with van der Waals surface area (Å²) in [6.07, 6.45) is 0. The average Bonchev–Trinajstić information content (AvgIpc) is 3.11. The molecule has 3 rings (SSSR count). The average molecular weight is 387 g/mol. The Kier molecular flexibility index (Phi) is 5.36. The quantitative estimate of drug-likeness (QED) is 0.628. The fourth-order valence-corrected chi connectivity index (χ4v) is 3.55. The number of carbonyl (C=O) groups excluding carboxylic acids is 1. The highest BCUT2D eigenvalue weighted by Gasteiger charge is 2.17. The lowest BCUT2D eigenvalue weighted by atomic mass is 10.1. The maximum Gasteiger partial charge on any atom is 0.269 e. The second kappa shape index (κ2) is 7.71. The highest BCUT2D eigenvalue weighted by atomic mass is 32.1. The van der Waals surface area contributed by atoms with Crippen molar-refractivity contribution < 1.29 is 19.0 Å². The Labute approximate surface area is 161 Å². The van der Waals surface area contributed by atoms with E-state index in [0.29, 0.717) is 27.9 Å². The second-order valence-corrected chi connectivity index (χ2v) is 6.90. The number of nitrogens with one attached hydrogen (secondary N) is 2. The van der Waals surface area contributed by atoms with E-state index in [4.69, 9.17) is 14.2 Å². The summed E-state index contributed by atoms with van der Waals surface area (Å²) in [7, 11) is 4.52. The molecule has 1 amide bonds. The van der Waals surface area contributed by atoms with Crippen LogP contribution in [0, 0.1) is 13.8 Å². The van der Waals surface area contributed by atoms with Gasteiger partial charge in [-0.05, 0) is 43.2 Å². The lowest BCUT2D eigenvalue weighted by Crippen LogP contribution is -2.29. The first-order chi connectivity index (χ1) is 13.0. The van der Waals surface area contributed by atoms with E-state index in [0.717, 1.165) is 15.8 Å². The fraction of sp³-hybridized carbons (Fsp3) is 0.263. The van der Waals surface area contributed by atoms with Crippen molar-refractivity contribution in [1.82, 2.24) is 10.4 Å². The summed E-state index contributed by atoms with van der Waals surface area (Å²) in [4.78, 5) is 17.1. The third kappa shape index (κ3) is 3.61. The Balaban J connectivity index is 1.81. The monoisotopic (exact) mass is 387 g/mol. The molecule has 3 aromatic rings. The van der Waals surface area contributed by atoms with Gasteiger partial charge in [-0.3, -0.25) is 15.6 Å². The third-order valence-corrected chi connectivity index (χ3v) is 5.23. The van der Waals surface area contributed by atoms with Gasteiger partial charge < -0.3 is 14.2 Å². The molecule has 0 aliphatic carbocycles. The van der Waals surface area contributed by atoms with E-state index >= 15 is 0 Å². The maximum atomic E-state index is 12.5. The number of nitrogens with zero attached hydrogens (tertiary/aromatic N) is 1. The van der Waals surface area contributed by atoms with E-state index in [2.05, 4.69) is 21.9 Å². The SMILES string of the molecule is COc1cc(C(=O)NNc2nc3c(C)c(C)ccc3s2)cc(OC)c1OC. The number of hydrogen-bond donors (Lipinski definition) is 2. The van der Waals surface area contributed by atoms with E-state index in [9.17, 15) is 4.79 Å². The van der Waals surface area contributed by atoms with Crippen LogP contribution in [0.2, 0.25) is 0 Å². The molecule has 0 saturated heterocycles. The summed E-state index contributed by atoms with van der Waals surface area (Å²) in [6, 6.07) is 7.27. The minimum absolute atomic E-state index is 0.346. The van der Waals surface area contributed by atoms with Crippen molar-refractivity contribution in [2.45, 2.75) is 13.8 Å². The zero-order valence-electron chi connectivity index (χ0n) is 15.8. The van der Waals surface area contributed by atoms with E-state index in [-0.39, 0.29) is 5.91 Å². The van der Waals surface area contributed by atoms with Crippen LogP contribution in [0.25, 0.3) is 10.2 Å². The number of hydrogen-bond acceptors (Lipinski definition) is 7. The lowest BCUT2D eigenvalue weighted by molar-refractivity contribution is 0.0962. The van der Waals surface area contributed by atoms with Crippen molar-refractivity contribution >= 4 is 32.6 Å². The molecule has 8 heteroatoms. The largest absolute Gasteiger partial charge is 0.493 e. The Hall–Kier alpha value is -3.00. The molecule has 0 bridgehead atoms. The van der Waals surface area contributed by atoms with Crippen molar-refractivity contribution in [2.75, 3.05) is 26.8 Å². The molecule has 7 nitrogen and oxygen atoms in total. The summed E-state index contributed by atoms with van der Waals surface area (Å²) in [5, 5.41) is 0.611. The van der Waals surface area contributed by atoms with Crippen LogP contribution in [-0.2, 0) is 0 Å². The van der Waals surface area contributed by atoms with Crippen LogP contribution in [0.3, 0.4) is 0 Å². The molecule has 0 unspecified atom stereocenters. The highest BCUT2D eigenvalue weighted by Crippen LogP contribution is 2.38. The first kappa shape index (κ1) is 18.8. The molecule has 1 heterocycles. The first-order valence-corrected chi connectivity index (χ1v) is 9.03. The summed E-state index contributed by atoms with van der Waals surface area (Å²) in [6.45, 7) is 4.09. The smallest absolute Gasteiger partial charge is 0.269 e. The summed E-state index contributed by atoms with van der Waals surface area (Å²) < 4.78 is 16.9. The van der Waals surface area contributed by atoms with Crippen LogP contribution in [0.15, 0.2) is 24.3 Å². The second-order valence-electron chi connectivity index (χ2n) is 5.87. The Morgan fingerprint density at radius 1 is 1.04 bits per heavy atom.